The highest BCUT2D eigenvalue weighted by Gasteiger charge is 2.08. The molecule has 0 atom stereocenters. The lowest BCUT2D eigenvalue weighted by Crippen LogP contribution is -1.90. The fraction of sp³-hybridized carbons (Fsp3) is 0.0769. The first-order valence-electron chi connectivity index (χ1n) is 4.97. The summed E-state index contributed by atoms with van der Waals surface area (Å²) in [6.45, 7) is 0. The Kier molecular flexibility index (Phi) is 4.16. The molecule has 0 spiro atoms. The van der Waals surface area contributed by atoms with Crippen LogP contribution in [-0.4, -0.2) is 0 Å². The minimum atomic E-state index is 0.301. The van der Waals surface area contributed by atoms with E-state index in [2.05, 4.69) is 0 Å². The Morgan fingerprint density at radius 3 is 2.47 bits per heavy atom. The summed E-state index contributed by atoms with van der Waals surface area (Å²) >= 11 is 17.8. The van der Waals surface area contributed by atoms with Crippen molar-refractivity contribution in [3.05, 3.63) is 58.1 Å². The molecule has 2 rings (SSSR count). The van der Waals surface area contributed by atoms with Crippen molar-refractivity contribution in [2.45, 2.75) is 5.88 Å². The molecule has 0 N–H and O–H groups in total. The molecular weight excluding hydrogens is 279 g/mol. The first-order valence-corrected chi connectivity index (χ1v) is 6.26. The van der Waals surface area contributed by atoms with Gasteiger partial charge < -0.3 is 4.74 Å². The summed E-state index contributed by atoms with van der Waals surface area (Å²) in [6, 6.07) is 12.6. The van der Waals surface area contributed by atoms with E-state index in [0.29, 0.717) is 27.4 Å². The lowest BCUT2D eigenvalue weighted by atomic mass is 10.2. The van der Waals surface area contributed by atoms with Gasteiger partial charge in [-0.2, -0.15) is 0 Å². The van der Waals surface area contributed by atoms with Gasteiger partial charge in [-0.25, -0.2) is 0 Å². The number of alkyl halides is 1. The third-order valence-corrected chi connectivity index (χ3v) is 3.09. The van der Waals surface area contributed by atoms with E-state index in [1.54, 1.807) is 18.2 Å². The van der Waals surface area contributed by atoms with Crippen LogP contribution in [0, 0.1) is 0 Å². The maximum absolute atomic E-state index is 6.04. The zero-order chi connectivity index (χ0) is 12.3. The molecule has 0 unspecified atom stereocenters. The average Bonchev–Trinajstić information content (AvgIpc) is 2.29. The number of halogens is 3. The molecule has 0 amide bonds. The van der Waals surface area contributed by atoms with Gasteiger partial charge in [-0.1, -0.05) is 35.3 Å². The minimum absolute atomic E-state index is 0.301. The van der Waals surface area contributed by atoms with Crippen LogP contribution in [0.25, 0.3) is 0 Å². The molecule has 0 saturated heterocycles. The Labute approximate surface area is 115 Å². The molecule has 0 heterocycles. The molecule has 0 saturated carbocycles. The Balaban J connectivity index is 2.33. The zero-order valence-electron chi connectivity index (χ0n) is 8.79. The molecule has 1 nitrogen and oxygen atoms in total. The van der Waals surface area contributed by atoms with E-state index in [0.717, 1.165) is 5.56 Å². The van der Waals surface area contributed by atoms with Gasteiger partial charge >= 0.3 is 0 Å². The Morgan fingerprint density at radius 1 is 1.00 bits per heavy atom. The second-order valence-corrected chi connectivity index (χ2v) is 4.52. The van der Waals surface area contributed by atoms with Crippen molar-refractivity contribution in [2.75, 3.05) is 0 Å². The normalized spacial score (nSPS) is 10.3. The molecule has 0 fully saturated rings. The maximum Gasteiger partial charge on any atom is 0.133 e. The molecule has 0 aliphatic carbocycles. The number of hydrogen-bond acceptors (Lipinski definition) is 1. The number of hydrogen-bond donors (Lipinski definition) is 0. The van der Waals surface area contributed by atoms with Gasteiger partial charge in [0.15, 0.2) is 0 Å². The van der Waals surface area contributed by atoms with Gasteiger partial charge in [-0.05, 0) is 30.3 Å². The van der Waals surface area contributed by atoms with Crippen LogP contribution < -0.4 is 4.74 Å². The van der Waals surface area contributed by atoms with Crippen LogP contribution in [0.5, 0.6) is 11.5 Å². The number of rotatable bonds is 3. The summed E-state index contributed by atoms with van der Waals surface area (Å²) in [5.41, 5.74) is 0.774. The smallest absolute Gasteiger partial charge is 0.133 e. The van der Waals surface area contributed by atoms with Crippen molar-refractivity contribution in [1.29, 1.82) is 0 Å². The molecule has 0 radical (unpaired) electrons. The molecule has 0 bridgehead atoms. The fourth-order valence-electron chi connectivity index (χ4n) is 1.42. The van der Waals surface area contributed by atoms with E-state index in [9.17, 15) is 0 Å². The van der Waals surface area contributed by atoms with Crippen molar-refractivity contribution in [3.63, 3.8) is 0 Å². The summed E-state index contributed by atoms with van der Waals surface area (Å²) in [6.07, 6.45) is 0. The standard InChI is InChI=1S/C13H9Cl3O/c14-8-11-12(16)5-2-6-13(11)17-10-4-1-3-9(15)7-10/h1-7H,8H2. The van der Waals surface area contributed by atoms with Crippen LogP contribution >= 0.6 is 34.8 Å². The third kappa shape index (κ3) is 3.06. The molecule has 0 aliphatic heterocycles. The van der Waals surface area contributed by atoms with Crippen LogP contribution in [0.4, 0.5) is 0 Å². The quantitative estimate of drug-likeness (QED) is 0.675. The third-order valence-electron chi connectivity index (χ3n) is 2.23. The van der Waals surface area contributed by atoms with E-state index < -0.39 is 0 Å². The Hall–Kier alpha value is -0.890. The van der Waals surface area contributed by atoms with Gasteiger partial charge in [0.2, 0.25) is 0 Å². The SMILES string of the molecule is ClCc1c(Cl)cccc1Oc1cccc(Cl)c1. The molecular formula is C13H9Cl3O. The van der Waals surface area contributed by atoms with Gasteiger partial charge in [0.1, 0.15) is 11.5 Å². The highest BCUT2D eigenvalue weighted by molar-refractivity contribution is 6.32. The van der Waals surface area contributed by atoms with Gasteiger partial charge in [0.25, 0.3) is 0 Å². The Bertz CT molecular complexity index is 526. The van der Waals surface area contributed by atoms with E-state index in [1.807, 2.05) is 24.3 Å². The van der Waals surface area contributed by atoms with E-state index >= 15 is 0 Å². The van der Waals surface area contributed by atoms with Crippen molar-refractivity contribution in [3.8, 4) is 11.5 Å². The predicted octanol–water partition coefficient (Wildman–Crippen LogP) is 5.52. The number of benzene rings is 2. The largest absolute Gasteiger partial charge is 0.457 e. The molecule has 2 aromatic carbocycles. The molecule has 0 aromatic heterocycles. The van der Waals surface area contributed by atoms with Crippen LogP contribution in [0.1, 0.15) is 5.56 Å². The zero-order valence-corrected chi connectivity index (χ0v) is 11.1. The van der Waals surface area contributed by atoms with Crippen LogP contribution in [0.3, 0.4) is 0 Å². The van der Waals surface area contributed by atoms with E-state index in [1.165, 1.54) is 0 Å². The molecule has 0 aliphatic rings. The monoisotopic (exact) mass is 286 g/mol. The Morgan fingerprint density at radius 2 is 1.76 bits per heavy atom. The van der Waals surface area contributed by atoms with Gasteiger partial charge in [0, 0.05) is 15.6 Å². The second kappa shape index (κ2) is 5.63. The summed E-state index contributed by atoms with van der Waals surface area (Å²) in [4.78, 5) is 0. The summed E-state index contributed by atoms with van der Waals surface area (Å²) in [5.74, 6) is 1.61. The van der Waals surface area contributed by atoms with Crippen molar-refractivity contribution >= 4 is 34.8 Å². The first kappa shape index (κ1) is 12.6. The first-order chi connectivity index (χ1) is 8.20. The van der Waals surface area contributed by atoms with Crippen LogP contribution in [0.2, 0.25) is 10.0 Å². The van der Waals surface area contributed by atoms with Gasteiger partial charge in [0.05, 0.1) is 5.88 Å². The number of ether oxygens (including phenoxy) is 1. The predicted molar refractivity (Wildman–Crippen MR) is 72.5 cm³/mol. The molecule has 2 aromatic rings. The molecule has 17 heavy (non-hydrogen) atoms. The fourth-order valence-corrected chi connectivity index (χ4v) is 2.18. The molecule has 4 heteroatoms. The van der Waals surface area contributed by atoms with Crippen molar-refractivity contribution in [1.82, 2.24) is 0 Å². The molecule has 88 valence electrons. The minimum Gasteiger partial charge on any atom is -0.457 e. The van der Waals surface area contributed by atoms with E-state index in [4.69, 9.17) is 39.5 Å². The van der Waals surface area contributed by atoms with Gasteiger partial charge in [-0.3, -0.25) is 0 Å². The van der Waals surface area contributed by atoms with Crippen LogP contribution in [-0.2, 0) is 5.88 Å². The maximum atomic E-state index is 6.04. The lowest BCUT2D eigenvalue weighted by molar-refractivity contribution is 0.478. The lowest BCUT2D eigenvalue weighted by Gasteiger charge is -2.10. The van der Waals surface area contributed by atoms with E-state index in [-0.39, 0.29) is 0 Å². The van der Waals surface area contributed by atoms with Crippen LogP contribution in [0.15, 0.2) is 42.5 Å². The second-order valence-electron chi connectivity index (χ2n) is 3.41. The highest BCUT2D eigenvalue weighted by Crippen LogP contribution is 2.32. The van der Waals surface area contributed by atoms with Crippen molar-refractivity contribution < 1.29 is 4.74 Å². The average molecular weight is 288 g/mol. The van der Waals surface area contributed by atoms with Crippen molar-refractivity contribution in [2.24, 2.45) is 0 Å². The topological polar surface area (TPSA) is 9.23 Å². The summed E-state index contributed by atoms with van der Waals surface area (Å²) in [7, 11) is 0. The highest BCUT2D eigenvalue weighted by atomic mass is 35.5. The summed E-state index contributed by atoms with van der Waals surface area (Å²) in [5, 5.41) is 1.22. The van der Waals surface area contributed by atoms with Gasteiger partial charge in [-0.15, -0.1) is 11.6 Å². The summed E-state index contributed by atoms with van der Waals surface area (Å²) < 4.78 is 5.71.